The molecule has 0 radical (unpaired) electrons. The van der Waals surface area contributed by atoms with Crippen molar-refractivity contribution in [1.82, 2.24) is 35.0 Å². The summed E-state index contributed by atoms with van der Waals surface area (Å²) >= 11 is 0. The summed E-state index contributed by atoms with van der Waals surface area (Å²) in [5.74, 6) is 0.925. The lowest BCUT2D eigenvalue weighted by molar-refractivity contribution is 0.0887. The van der Waals surface area contributed by atoms with Crippen LogP contribution in [0.15, 0.2) is 53.3 Å². The number of rotatable bonds is 12. The summed E-state index contributed by atoms with van der Waals surface area (Å²) in [6, 6.07) is 15.9. The molecule has 0 saturated carbocycles. The highest BCUT2D eigenvalue weighted by molar-refractivity contribution is 5.80. The van der Waals surface area contributed by atoms with Gasteiger partial charge in [0.25, 0.3) is 5.91 Å². The van der Waals surface area contributed by atoms with E-state index in [0.717, 1.165) is 39.8 Å². The summed E-state index contributed by atoms with van der Waals surface area (Å²) in [4.78, 5) is 25.4. The second-order valence-electron chi connectivity index (χ2n) is 8.94. The van der Waals surface area contributed by atoms with Crippen molar-refractivity contribution in [1.29, 1.82) is 0 Å². The largest absolute Gasteiger partial charge is 0.353 e. The quantitative estimate of drug-likeness (QED) is 0.285. The second-order valence-corrected chi connectivity index (χ2v) is 8.94. The molecule has 0 aliphatic rings. The maximum Gasteiger partial charge on any atom is 0.353 e. The zero-order valence-electron chi connectivity index (χ0n) is 21.0. The number of carbonyl (C=O) groups excluding carboxylic acids is 1. The lowest BCUT2D eigenvalue weighted by atomic mass is 9.98. The summed E-state index contributed by atoms with van der Waals surface area (Å²) in [6.45, 7) is 4.31. The SMILES string of the molecule is CCCCCCCCc1nn(C(=O)CC)c(=O)n1Cc1ccc(-c2ccccc2-c2nn[nH]n2)cc1. The van der Waals surface area contributed by atoms with Crippen molar-refractivity contribution in [2.24, 2.45) is 0 Å². The van der Waals surface area contributed by atoms with Crippen LogP contribution in [-0.2, 0) is 13.0 Å². The number of aromatic amines is 1. The Morgan fingerprint density at radius 1 is 0.917 bits per heavy atom. The molecule has 0 saturated heterocycles. The molecule has 2 heterocycles. The Kier molecular flexibility index (Phi) is 8.54. The normalized spacial score (nSPS) is 11.2. The van der Waals surface area contributed by atoms with E-state index in [9.17, 15) is 9.59 Å². The van der Waals surface area contributed by atoms with E-state index in [-0.39, 0.29) is 18.0 Å². The number of H-pyrrole nitrogens is 1. The van der Waals surface area contributed by atoms with Crippen molar-refractivity contribution in [3.8, 4) is 22.5 Å². The Morgan fingerprint density at radius 3 is 2.33 bits per heavy atom. The minimum Gasteiger partial charge on any atom is -0.274 e. The molecule has 0 amide bonds. The maximum atomic E-state index is 13.1. The van der Waals surface area contributed by atoms with Crippen LogP contribution in [0, 0.1) is 0 Å². The maximum absolute atomic E-state index is 13.1. The number of nitrogens with one attached hydrogen (secondary N) is 1. The molecule has 4 rings (SSSR count). The predicted molar refractivity (Wildman–Crippen MR) is 139 cm³/mol. The number of hydrogen-bond donors (Lipinski definition) is 1. The molecule has 0 spiro atoms. The first-order valence-corrected chi connectivity index (χ1v) is 12.8. The van der Waals surface area contributed by atoms with E-state index >= 15 is 0 Å². The van der Waals surface area contributed by atoms with Crippen LogP contribution in [0.2, 0.25) is 0 Å². The summed E-state index contributed by atoms with van der Waals surface area (Å²) in [6.07, 6.45) is 7.84. The fraction of sp³-hybridized carbons (Fsp3) is 0.407. The molecule has 0 aliphatic heterocycles. The molecule has 0 unspecified atom stereocenters. The molecule has 0 bridgehead atoms. The third-order valence-electron chi connectivity index (χ3n) is 6.35. The molecule has 36 heavy (non-hydrogen) atoms. The summed E-state index contributed by atoms with van der Waals surface area (Å²) in [7, 11) is 0. The van der Waals surface area contributed by atoms with Gasteiger partial charge in [0.2, 0.25) is 5.82 Å². The smallest absolute Gasteiger partial charge is 0.274 e. The number of unbranched alkanes of at least 4 members (excludes halogenated alkanes) is 5. The number of tetrazole rings is 1. The van der Waals surface area contributed by atoms with Gasteiger partial charge in [0.1, 0.15) is 5.82 Å². The molecular weight excluding hydrogens is 454 g/mol. The molecule has 0 atom stereocenters. The lowest BCUT2D eigenvalue weighted by Crippen LogP contribution is -2.30. The van der Waals surface area contributed by atoms with E-state index in [1.807, 2.05) is 48.5 Å². The molecule has 2 aromatic carbocycles. The van der Waals surface area contributed by atoms with Crippen molar-refractivity contribution in [3.63, 3.8) is 0 Å². The minimum atomic E-state index is -0.366. The van der Waals surface area contributed by atoms with Gasteiger partial charge < -0.3 is 0 Å². The zero-order chi connectivity index (χ0) is 25.3. The van der Waals surface area contributed by atoms with Crippen LogP contribution in [-0.4, -0.2) is 40.9 Å². The van der Waals surface area contributed by atoms with Crippen molar-refractivity contribution >= 4 is 5.91 Å². The molecule has 0 aliphatic carbocycles. The highest BCUT2D eigenvalue weighted by Gasteiger charge is 2.18. The third-order valence-corrected chi connectivity index (χ3v) is 6.35. The number of benzene rings is 2. The molecule has 1 N–H and O–H groups in total. The molecule has 9 nitrogen and oxygen atoms in total. The average Bonchev–Trinajstić information content (AvgIpc) is 3.55. The zero-order valence-corrected chi connectivity index (χ0v) is 21.0. The first-order chi connectivity index (χ1) is 17.6. The Bertz CT molecular complexity index is 1320. The second kappa shape index (κ2) is 12.2. The van der Waals surface area contributed by atoms with Crippen molar-refractivity contribution in [2.75, 3.05) is 0 Å². The van der Waals surface area contributed by atoms with Crippen molar-refractivity contribution in [2.45, 2.75) is 71.8 Å². The highest BCUT2D eigenvalue weighted by atomic mass is 16.2. The van der Waals surface area contributed by atoms with Crippen LogP contribution in [0.5, 0.6) is 0 Å². The minimum absolute atomic E-state index is 0.238. The van der Waals surface area contributed by atoms with Gasteiger partial charge in [-0.2, -0.15) is 5.21 Å². The topological polar surface area (TPSA) is 111 Å². The van der Waals surface area contributed by atoms with Gasteiger partial charge in [0.05, 0.1) is 6.54 Å². The van der Waals surface area contributed by atoms with Crippen LogP contribution < -0.4 is 5.69 Å². The average molecular weight is 488 g/mol. The first kappa shape index (κ1) is 25.2. The van der Waals surface area contributed by atoms with Crippen LogP contribution in [0.3, 0.4) is 0 Å². The van der Waals surface area contributed by atoms with Gasteiger partial charge >= 0.3 is 5.69 Å². The van der Waals surface area contributed by atoms with Gasteiger partial charge in [-0.25, -0.2) is 4.79 Å². The van der Waals surface area contributed by atoms with Crippen LogP contribution >= 0.6 is 0 Å². The Hall–Kier alpha value is -3.88. The van der Waals surface area contributed by atoms with E-state index in [1.54, 1.807) is 11.5 Å². The van der Waals surface area contributed by atoms with Crippen molar-refractivity contribution < 1.29 is 4.79 Å². The van der Waals surface area contributed by atoms with E-state index in [4.69, 9.17) is 0 Å². The number of aromatic nitrogens is 7. The number of carbonyl (C=O) groups is 1. The van der Waals surface area contributed by atoms with Gasteiger partial charge in [-0.3, -0.25) is 9.36 Å². The summed E-state index contributed by atoms with van der Waals surface area (Å²) in [5.41, 5.74) is 3.49. The van der Waals surface area contributed by atoms with Crippen LogP contribution in [0.4, 0.5) is 0 Å². The predicted octanol–water partition coefficient (Wildman–Crippen LogP) is 4.89. The number of aryl methyl sites for hydroxylation is 1. The van der Waals surface area contributed by atoms with E-state index < -0.39 is 0 Å². The fourth-order valence-corrected chi connectivity index (χ4v) is 4.33. The molecule has 9 heteroatoms. The monoisotopic (exact) mass is 487 g/mol. The van der Waals surface area contributed by atoms with Gasteiger partial charge in [-0.05, 0) is 28.3 Å². The molecular formula is C27H33N7O2. The Morgan fingerprint density at radius 2 is 1.64 bits per heavy atom. The van der Waals surface area contributed by atoms with Gasteiger partial charge in [-0.15, -0.1) is 20.0 Å². The highest BCUT2D eigenvalue weighted by Crippen LogP contribution is 2.29. The van der Waals surface area contributed by atoms with Crippen LogP contribution in [0.1, 0.15) is 75.0 Å². The Balaban J connectivity index is 1.54. The molecule has 188 valence electrons. The van der Waals surface area contributed by atoms with Crippen LogP contribution in [0.25, 0.3) is 22.5 Å². The first-order valence-electron chi connectivity index (χ1n) is 12.8. The van der Waals surface area contributed by atoms with E-state index in [2.05, 4.69) is 32.6 Å². The fourth-order valence-electron chi connectivity index (χ4n) is 4.33. The van der Waals surface area contributed by atoms with Gasteiger partial charge in [0.15, 0.2) is 0 Å². The number of nitrogens with zero attached hydrogens (tertiary/aromatic N) is 6. The molecule has 0 fully saturated rings. The summed E-state index contributed by atoms with van der Waals surface area (Å²) < 4.78 is 2.67. The molecule has 4 aromatic rings. The number of hydrogen-bond acceptors (Lipinski definition) is 6. The van der Waals surface area contributed by atoms with E-state index in [0.29, 0.717) is 24.6 Å². The Labute approximate surface area is 210 Å². The summed E-state index contributed by atoms with van der Waals surface area (Å²) in [5, 5.41) is 18.8. The van der Waals surface area contributed by atoms with Gasteiger partial charge in [-0.1, -0.05) is 94.5 Å². The lowest BCUT2D eigenvalue weighted by Gasteiger charge is -2.09. The van der Waals surface area contributed by atoms with Crippen molar-refractivity contribution in [3.05, 3.63) is 70.4 Å². The third kappa shape index (κ3) is 5.84. The standard InChI is InChI=1S/C27H33N7O2/c1-3-5-6-7-8-9-14-24-30-34(25(35)4-2)27(36)33(24)19-20-15-17-21(18-16-20)22-12-10-11-13-23(22)26-28-31-32-29-26/h10-13,15-18H,3-9,14,19H2,1-2H3,(H,28,29,31,32). The van der Waals surface area contributed by atoms with E-state index in [1.165, 1.54) is 25.7 Å². The molecule has 2 aromatic heterocycles. The van der Waals surface area contributed by atoms with Gasteiger partial charge in [0, 0.05) is 18.4 Å².